The molecule has 1 aromatic carbocycles. The van der Waals surface area contributed by atoms with Crippen LogP contribution < -0.4 is 5.73 Å². The molecule has 1 aliphatic carbocycles. The van der Waals surface area contributed by atoms with Crippen LogP contribution in [0.1, 0.15) is 74.6 Å². The molecule has 0 radical (unpaired) electrons. The molecule has 0 saturated heterocycles. The fraction of sp³-hybridized carbons (Fsp3) is 0.571. The van der Waals surface area contributed by atoms with E-state index in [1.807, 2.05) is 0 Å². The largest absolute Gasteiger partial charge is 0.398 e. The molecular weight excluding hydrogens is 182 g/mol. The molecule has 1 atom stereocenters. The fourth-order valence-electron chi connectivity index (χ4n) is 2.55. The second-order valence-corrected chi connectivity index (χ2v) is 5.33. The van der Waals surface area contributed by atoms with Crippen LogP contribution in [-0.2, 0) is 0 Å². The van der Waals surface area contributed by atoms with Crippen LogP contribution in [0.5, 0.6) is 0 Å². The fourth-order valence-corrected chi connectivity index (χ4v) is 2.55. The normalized spacial score (nSPS) is 18.5. The van der Waals surface area contributed by atoms with Gasteiger partial charge in [0.05, 0.1) is 0 Å². The highest BCUT2D eigenvalue weighted by Gasteiger charge is 2.36. The van der Waals surface area contributed by atoms with E-state index >= 15 is 0 Å². The first-order valence-electron chi connectivity index (χ1n) is 5.91. The minimum atomic E-state index is 0.528. The first kappa shape index (κ1) is 10.5. The number of rotatable bonds is 2. The average molecular weight is 203 g/mol. The second-order valence-electron chi connectivity index (χ2n) is 5.33. The molecule has 2 N–H and O–H groups in total. The summed E-state index contributed by atoms with van der Waals surface area (Å²) in [6.45, 7) is 11.2. The Kier molecular flexibility index (Phi) is 2.29. The first-order valence-corrected chi connectivity index (χ1v) is 5.91. The van der Waals surface area contributed by atoms with Crippen molar-refractivity contribution in [3.8, 4) is 0 Å². The number of hydrogen-bond acceptors (Lipinski definition) is 1. The molecule has 1 nitrogen and oxygen atoms in total. The third-order valence-electron chi connectivity index (χ3n) is 3.54. The van der Waals surface area contributed by atoms with Crippen molar-refractivity contribution in [3.05, 3.63) is 28.3 Å². The molecule has 1 heteroatoms. The highest BCUT2D eigenvalue weighted by Crippen LogP contribution is 2.53. The van der Waals surface area contributed by atoms with Crippen molar-refractivity contribution >= 4 is 5.69 Å². The average Bonchev–Trinajstić information content (AvgIpc) is 2.78. The van der Waals surface area contributed by atoms with Gasteiger partial charge in [-0.3, -0.25) is 0 Å². The summed E-state index contributed by atoms with van der Waals surface area (Å²) >= 11 is 0. The topological polar surface area (TPSA) is 26.0 Å². The number of benzene rings is 1. The lowest BCUT2D eigenvalue weighted by atomic mass is 9.94. The van der Waals surface area contributed by atoms with Crippen molar-refractivity contribution in [2.75, 3.05) is 5.73 Å². The Morgan fingerprint density at radius 2 is 1.53 bits per heavy atom. The van der Waals surface area contributed by atoms with E-state index in [1.165, 1.54) is 22.3 Å². The van der Waals surface area contributed by atoms with E-state index in [0.717, 1.165) is 5.69 Å². The van der Waals surface area contributed by atoms with E-state index in [1.54, 1.807) is 0 Å². The predicted molar refractivity (Wildman–Crippen MR) is 66.5 cm³/mol. The Labute approximate surface area is 92.7 Å². The lowest BCUT2D eigenvalue weighted by Crippen LogP contribution is -1.99. The Bertz CT molecular complexity index is 402. The standard InChI is InChI=1S/C14H21N/c1-7(2)10-6-11(8(3)4)14(15)13-9(5)12(10)13/h6-9H,15H2,1-5H3. The van der Waals surface area contributed by atoms with Gasteiger partial charge in [0.25, 0.3) is 0 Å². The van der Waals surface area contributed by atoms with E-state index < -0.39 is 0 Å². The summed E-state index contributed by atoms with van der Waals surface area (Å²) < 4.78 is 0. The SMILES string of the molecule is CC(C)c1cc(C(C)C)c2c(c1N)C2C. The molecule has 0 bridgehead atoms. The quantitative estimate of drug-likeness (QED) is 0.723. The maximum Gasteiger partial charge on any atom is 0.0391 e. The highest BCUT2D eigenvalue weighted by molar-refractivity contribution is 5.73. The summed E-state index contributed by atoms with van der Waals surface area (Å²) in [7, 11) is 0. The smallest absolute Gasteiger partial charge is 0.0391 e. The van der Waals surface area contributed by atoms with Gasteiger partial charge in [-0.25, -0.2) is 0 Å². The monoisotopic (exact) mass is 203 g/mol. The molecule has 0 spiro atoms. The molecule has 0 amide bonds. The van der Waals surface area contributed by atoms with Crippen molar-refractivity contribution in [1.29, 1.82) is 0 Å². The first-order chi connectivity index (χ1) is 6.95. The number of nitrogen functional groups attached to an aromatic ring is 1. The molecule has 0 aromatic heterocycles. The van der Waals surface area contributed by atoms with Crippen LogP contribution in [-0.4, -0.2) is 0 Å². The van der Waals surface area contributed by atoms with Crippen LogP contribution in [0.15, 0.2) is 6.07 Å². The van der Waals surface area contributed by atoms with Gasteiger partial charge < -0.3 is 5.73 Å². The predicted octanol–water partition coefficient (Wildman–Crippen LogP) is 3.98. The Hall–Kier alpha value is -0.980. The van der Waals surface area contributed by atoms with Crippen LogP contribution in [0.4, 0.5) is 5.69 Å². The van der Waals surface area contributed by atoms with Crippen molar-refractivity contribution in [1.82, 2.24) is 0 Å². The molecule has 15 heavy (non-hydrogen) atoms. The molecule has 82 valence electrons. The summed E-state index contributed by atoms with van der Waals surface area (Å²) in [6, 6.07) is 2.33. The maximum atomic E-state index is 6.20. The van der Waals surface area contributed by atoms with Crippen molar-refractivity contribution in [2.24, 2.45) is 0 Å². The second kappa shape index (κ2) is 3.26. The Balaban J connectivity index is 2.58. The highest BCUT2D eigenvalue weighted by atomic mass is 14.6. The Morgan fingerprint density at radius 1 is 1.00 bits per heavy atom. The molecule has 0 aliphatic heterocycles. The summed E-state index contributed by atoms with van der Waals surface area (Å²) in [5.74, 6) is 1.75. The molecule has 0 heterocycles. The zero-order valence-corrected chi connectivity index (χ0v) is 10.4. The molecule has 1 unspecified atom stereocenters. The lowest BCUT2D eigenvalue weighted by Gasteiger charge is -2.12. The minimum absolute atomic E-state index is 0.528. The molecular formula is C14H21N. The molecule has 1 aromatic rings. The minimum Gasteiger partial charge on any atom is -0.398 e. The van der Waals surface area contributed by atoms with Gasteiger partial charge in [-0.15, -0.1) is 0 Å². The molecule has 0 saturated carbocycles. The number of nitrogens with two attached hydrogens (primary N) is 1. The van der Waals surface area contributed by atoms with Crippen LogP contribution in [0.3, 0.4) is 0 Å². The molecule has 0 fully saturated rings. The van der Waals surface area contributed by atoms with Gasteiger partial charge in [-0.2, -0.15) is 0 Å². The summed E-state index contributed by atoms with van der Waals surface area (Å²) in [6.07, 6.45) is 0. The zero-order valence-electron chi connectivity index (χ0n) is 10.4. The maximum absolute atomic E-state index is 6.20. The number of fused-ring (bicyclic) bond motifs is 1. The summed E-state index contributed by atoms with van der Waals surface area (Å²) in [5.41, 5.74) is 13.0. The molecule has 1 aliphatic rings. The van der Waals surface area contributed by atoms with Crippen LogP contribution >= 0.6 is 0 Å². The van der Waals surface area contributed by atoms with E-state index in [9.17, 15) is 0 Å². The van der Waals surface area contributed by atoms with Gasteiger partial charge in [0.1, 0.15) is 0 Å². The van der Waals surface area contributed by atoms with E-state index in [4.69, 9.17) is 5.73 Å². The van der Waals surface area contributed by atoms with Crippen molar-refractivity contribution in [3.63, 3.8) is 0 Å². The number of hydrogen-bond donors (Lipinski definition) is 1. The van der Waals surface area contributed by atoms with E-state index in [2.05, 4.69) is 40.7 Å². The van der Waals surface area contributed by atoms with Gasteiger partial charge in [-0.1, -0.05) is 40.7 Å². The van der Waals surface area contributed by atoms with Gasteiger partial charge in [0.15, 0.2) is 0 Å². The third kappa shape index (κ3) is 1.45. The summed E-state index contributed by atoms with van der Waals surface area (Å²) in [4.78, 5) is 0. The summed E-state index contributed by atoms with van der Waals surface area (Å²) in [5, 5.41) is 0. The van der Waals surface area contributed by atoms with E-state index in [0.29, 0.717) is 17.8 Å². The van der Waals surface area contributed by atoms with Crippen molar-refractivity contribution in [2.45, 2.75) is 52.4 Å². The zero-order chi connectivity index (χ0) is 11.3. The van der Waals surface area contributed by atoms with Gasteiger partial charge >= 0.3 is 0 Å². The van der Waals surface area contributed by atoms with Gasteiger partial charge in [0.2, 0.25) is 0 Å². The number of anilines is 1. The lowest BCUT2D eigenvalue weighted by molar-refractivity contribution is 0.835. The van der Waals surface area contributed by atoms with E-state index in [-0.39, 0.29) is 0 Å². The van der Waals surface area contributed by atoms with Crippen molar-refractivity contribution < 1.29 is 0 Å². The van der Waals surface area contributed by atoms with Gasteiger partial charge in [-0.05, 0) is 34.1 Å². The Morgan fingerprint density at radius 3 is 2.00 bits per heavy atom. The van der Waals surface area contributed by atoms with Crippen LogP contribution in [0, 0.1) is 0 Å². The molecule has 2 rings (SSSR count). The van der Waals surface area contributed by atoms with Crippen LogP contribution in [0.2, 0.25) is 0 Å². The van der Waals surface area contributed by atoms with Crippen LogP contribution in [0.25, 0.3) is 0 Å². The third-order valence-corrected chi connectivity index (χ3v) is 3.54. The van der Waals surface area contributed by atoms with Gasteiger partial charge in [0, 0.05) is 11.6 Å².